The Labute approximate surface area is 151 Å². The van der Waals surface area contributed by atoms with Crippen molar-refractivity contribution in [3.05, 3.63) is 60.2 Å². The molecule has 1 aliphatic carbocycles. The Hall–Kier alpha value is -1.09. The van der Waals surface area contributed by atoms with Gasteiger partial charge in [0.1, 0.15) is 0 Å². The number of benzene rings is 2. The summed E-state index contributed by atoms with van der Waals surface area (Å²) < 4.78 is 26.9. The van der Waals surface area contributed by atoms with Gasteiger partial charge in [-0.1, -0.05) is 0 Å². The fourth-order valence-corrected chi connectivity index (χ4v) is 7.65. The van der Waals surface area contributed by atoms with E-state index >= 15 is 0 Å². The molecule has 128 valence electrons. The molecule has 24 heavy (non-hydrogen) atoms. The summed E-state index contributed by atoms with van der Waals surface area (Å²) in [5, 5.41) is 1.16. The van der Waals surface area contributed by atoms with Crippen LogP contribution < -0.4 is 4.46 Å². The van der Waals surface area contributed by atoms with Crippen molar-refractivity contribution in [3.8, 4) is 0 Å². The monoisotopic (exact) mass is 408 g/mol. The van der Waals surface area contributed by atoms with Crippen molar-refractivity contribution in [2.24, 2.45) is 11.8 Å². The molecule has 2 nitrogen and oxygen atoms in total. The van der Waals surface area contributed by atoms with Crippen molar-refractivity contribution >= 4 is 29.3 Å². The molecule has 0 radical (unpaired) electrons. The van der Waals surface area contributed by atoms with Gasteiger partial charge in [0.2, 0.25) is 0 Å². The molecule has 3 rings (SSSR count). The van der Waals surface area contributed by atoms with Crippen LogP contribution >= 0.6 is 0 Å². The van der Waals surface area contributed by atoms with Crippen molar-refractivity contribution in [1.82, 2.24) is 0 Å². The predicted molar refractivity (Wildman–Crippen MR) is 101 cm³/mol. The quantitative estimate of drug-likeness (QED) is 0.686. The van der Waals surface area contributed by atoms with Crippen molar-refractivity contribution in [2.45, 2.75) is 36.4 Å². The third-order valence-corrected chi connectivity index (χ3v) is 9.21. The molecule has 1 fully saturated rings. The minimum atomic E-state index is -3.17. The van der Waals surface area contributed by atoms with Crippen LogP contribution in [0.4, 0.5) is 0 Å². The van der Waals surface area contributed by atoms with Crippen LogP contribution in [-0.4, -0.2) is 29.1 Å². The van der Waals surface area contributed by atoms with Crippen LogP contribution in [0.2, 0.25) is 5.32 Å². The number of hydrogen-bond acceptors (Lipinski definition) is 2. The molecule has 0 saturated heterocycles. The van der Waals surface area contributed by atoms with E-state index in [9.17, 15) is 8.42 Å². The van der Waals surface area contributed by atoms with E-state index in [1.165, 1.54) is 17.3 Å². The van der Waals surface area contributed by atoms with Gasteiger partial charge in [0.15, 0.2) is 0 Å². The summed E-state index contributed by atoms with van der Waals surface area (Å²) in [5.74, 6) is 1.19. The number of hydrogen-bond donors (Lipinski definition) is 0. The second kappa shape index (κ2) is 7.86. The molecule has 0 aliphatic heterocycles. The topological polar surface area (TPSA) is 34.1 Å². The SMILES string of the molecule is Cc1ccc(S(=O)(=O)C[C@H]2CCC[C@H]2C[Se]c2ccccc2)cc1. The molecule has 4 heteroatoms. The van der Waals surface area contributed by atoms with Gasteiger partial charge < -0.3 is 0 Å². The summed E-state index contributed by atoms with van der Waals surface area (Å²) in [6, 6.07) is 17.9. The number of sulfone groups is 1. The molecule has 0 unspecified atom stereocenters. The Morgan fingerprint density at radius 3 is 2.33 bits per heavy atom. The molecule has 2 aromatic rings. The summed E-state index contributed by atoms with van der Waals surface area (Å²) in [4.78, 5) is 0.479. The van der Waals surface area contributed by atoms with Gasteiger partial charge in [-0.05, 0) is 0 Å². The first-order valence-electron chi connectivity index (χ1n) is 8.52. The average Bonchev–Trinajstić information content (AvgIpc) is 3.01. The van der Waals surface area contributed by atoms with Gasteiger partial charge >= 0.3 is 152 Å². The maximum atomic E-state index is 12.7. The molecule has 0 N–H and O–H groups in total. The van der Waals surface area contributed by atoms with Crippen LogP contribution in [0.25, 0.3) is 0 Å². The zero-order chi connectivity index (χ0) is 17.0. The zero-order valence-corrected chi connectivity index (χ0v) is 16.5. The van der Waals surface area contributed by atoms with Crippen molar-refractivity contribution < 1.29 is 8.42 Å². The van der Waals surface area contributed by atoms with Gasteiger partial charge in [0.25, 0.3) is 0 Å². The maximum absolute atomic E-state index is 12.7. The van der Waals surface area contributed by atoms with E-state index in [1.807, 2.05) is 25.1 Å². The van der Waals surface area contributed by atoms with Crippen molar-refractivity contribution in [1.29, 1.82) is 0 Å². The van der Waals surface area contributed by atoms with E-state index in [4.69, 9.17) is 0 Å². The number of aryl methyl sites for hydroxylation is 1. The molecule has 0 bridgehead atoms. The molecule has 2 aromatic carbocycles. The number of rotatable bonds is 6. The van der Waals surface area contributed by atoms with E-state index in [1.54, 1.807) is 12.1 Å². The van der Waals surface area contributed by atoms with Crippen LogP contribution in [0.5, 0.6) is 0 Å². The summed E-state index contributed by atoms with van der Waals surface area (Å²) in [6.45, 7) is 1.98. The first kappa shape index (κ1) is 17.7. The molecule has 0 amide bonds. The summed E-state index contributed by atoms with van der Waals surface area (Å²) in [6.07, 6.45) is 3.41. The summed E-state index contributed by atoms with van der Waals surface area (Å²) in [7, 11) is -3.17. The Balaban J connectivity index is 1.64. The zero-order valence-electron chi connectivity index (χ0n) is 14.0. The Kier molecular flexibility index (Phi) is 5.80. The average molecular weight is 407 g/mol. The van der Waals surface area contributed by atoms with Crippen LogP contribution in [-0.2, 0) is 9.84 Å². The summed E-state index contributed by atoms with van der Waals surface area (Å²) in [5.41, 5.74) is 1.10. The Morgan fingerprint density at radius 2 is 1.62 bits per heavy atom. The van der Waals surface area contributed by atoms with Gasteiger partial charge in [0.05, 0.1) is 0 Å². The van der Waals surface area contributed by atoms with Gasteiger partial charge in [-0.3, -0.25) is 0 Å². The summed E-state index contributed by atoms with van der Waals surface area (Å²) >= 11 is 0.447. The van der Waals surface area contributed by atoms with Crippen molar-refractivity contribution in [3.63, 3.8) is 0 Å². The van der Waals surface area contributed by atoms with E-state index in [0.717, 1.165) is 17.3 Å². The van der Waals surface area contributed by atoms with Crippen LogP contribution in [0, 0.1) is 18.8 Å². The van der Waals surface area contributed by atoms with Crippen LogP contribution in [0.15, 0.2) is 59.5 Å². The molecular formula is C20H24O2SSe. The van der Waals surface area contributed by atoms with E-state index in [2.05, 4.69) is 24.3 Å². The van der Waals surface area contributed by atoms with Crippen molar-refractivity contribution in [2.75, 3.05) is 5.75 Å². The minimum absolute atomic E-state index is 0.311. The fraction of sp³-hybridized carbons (Fsp3) is 0.400. The standard InChI is InChI=1S/C20H24O2SSe/c1-16-10-12-19(13-11-16)23(21,22)14-17-6-5-7-18(17)15-24-20-8-3-2-4-9-20/h2-4,8-13,17-18H,5-7,14-15H2,1H3/t17-,18+/m1/s1. The predicted octanol–water partition coefficient (Wildman–Crippen LogP) is 3.63. The molecule has 1 saturated carbocycles. The van der Waals surface area contributed by atoms with E-state index in [-0.39, 0.29) is 0 Å². The first-order chi connectivity index (χ1) is 11.5. The Bertz CT molecular complexity index is 754. The van der Waals surface area contributed by atoms with Gasteiger partial charge in [-0.25, -0.2) is 0 Å². The normalized spacial score (nSPS) is 21.0. The molecule has 0 spiro atoms. The molecule has 1 aliphatic rings. The van der Waals surface area contributed by atoms with Crippen LogP contribution in [0.1, 0.15) is 24.8 Å². The first-order valence-corrected chi connectivity index (χ1v) is 12.2. The molecule has 0 aromatic heterocycles. The van der Waals surface area contributed by atoms with Gasteiger partial charge in [-0.15, -0.1) is 0 Å². The van der Waals surface area contributed by atoms with E-state index < -0.39 is 9.84 Å². The third kappa shape index (κ3) is 4.50. The molecular weight excluding hydrogens is 383 g/mol. The fourth-order valence-electron chi connectivity index (χ4n) is 3.40. The van der Waals surface area contributed by atoms with Gasteiger partial charge in [-0.2, -0.15) is 0 Å². The Morgan fingerprint density at radius 1 is 0.958 bits per heavy atom. The molecule has 0 heterocycles. The van der Waals surface area contributed by atoms with E-state index in [0.29, 0.717) is 37.4 Å². The second-order valence-electron chi connectivity index (χ2n) is 6.67. The van der Waals surface area contributed by atoms with Crippen LogP contribution in [0.3, 0.4) is 0 Å². The second-order valence-corrected chi connectivity index (χ2v) is 11.0. The van der Waals surface area contributed by atoms with Gasteiger partial charge in [0, 0.05) is 0 Å². The molecule has 2 atom stereocenters. The third-order valence-electron chi connectivity index (χ3n) is 4.84.